The van der Waals surface area contributed by atoms with Crippen molar-refractivity contribution < 1.29 is 4.79 Å². The number of carbonyl (C=O) groups is 1. The number of rotatable bonds is 2. The summed E-state index contributed by atoms with van der Waals surface area (Å²) in [6.45, 7) is 5.04. The van der Waals surface area contributed by atoms with Crippen molar-refractivity contribution in [3.63, 3.8) is 0 Å². The quantitative estimate of drug-likeness (QED) is 0.844. The molecule has 1 saturated heterocycles. The van der Waals surface area contributed by atoms with Crippen LogP contribution in [0.25, 0.3) is 0 Å². The first kappa shape index (κ1) is 16.1. The highest BCUT2D eigenvalue weighted by atomic mass is 16.2. The number of aryl methyl sites for hydroxylation is 1. The summed E-state index contributed by atoms with van der Waals surface area (Å²) in [4.78, 5) is 17.0. The summed E-state index contributed by atoms with van der Waals surface area (Å²) in [6, 6.07) is 11.9. The van der Waals surface area contributed by atoms with Gasteiger partial charge in [-0.1, -0.05) is 25.1 Å². The van der Waals surface area contributed by atoms with Crippen LogP contribution in [0.2, 0.25) is 0 Å². The zero-order valence-corrected chi connectivity index (χ0v) is 14.7. The summed E-state index contributed by atoms with van der Waals surface area (Å²) < 4.78 is 0. The second-order valence-electron chi connectivity index (χ2n) is 7.16. The van der Waals surface area contributed by atoms with E-state index in [1.54, 1.807) is 0 Å². The summed E-state index contributed by atoms with van der Waals surface area (Å²) in [7, 11) is 0. The number of amides is 1. The summed E-state index contributed by atoms with van der Waals surface area (Å²) in [5.74, 6) is 1.50. The Kier molecular flexibility index (Phi) is 4.38. The Hall–Kier alpha value is -2.43. The van der Waals surface area contributed by atoms with Gasteiger partial charge in [-0.3, -0.25) is 4.79 Å². The maximum atomic E-state index is 12.9. The molecule has 2 aliphatic heterocycles. The van der Waals surface area contributed by atoms with E-state index < -0.39 is 0 Å². The van der Waals surface area contributed by atoms with E-state index in [2.05, 4.69) is 28.1 Å². The van der Waals surface area contributed by atoms with Crippen LogP contribution in [0.1, 0.15) is 42.2 Å². The number of anilines is 2. The van der Waals surface area contributed by atoms with Crippen molar-refractivity contribution in [1.29, 1.82) is 0 Å². The number of hydrogen-bond acceptors (Lipinski definition) is 4. The fraction of sp³-hybridized carbons (Fsp3) is 0.450. The zero-order valence-electron chi connectivity index (χ0n) is 14.7. The molecule has 1 amide bonds. The lowest BCUT2D eigenvalue weighted by Crippen LogP contribution is -2.37. The van der Waals surface area contributed by atoms with Gasteiger partial charge in [0, 0.05) is 25.3 Å². The predicted molar refractivity (Wildman–Crippen MR) is 99.1 cm³/mol. The van der Waals surface area contributed by atoms with Crippen LogP contribution in [0.3, 0.4) is 0 Å². The lowest BCUT2D eigenvalue weighted by Gasteiger charge is -2.31. The molecular weight excluding hydrogens is 312 g/mol. The van der Waals surface area contributed by atoms with Gasteiger partial charge in [0.15, 0.2) is 11.5 Å². The monoisotopic (exact) mass is 336 g/mol. The van der Waals surface area contributed by atoms with Gasteiger partial charge in [-0.25, -0.2) is 0 Å². The van der Waals surface area contributed by atoms with Gasteiger partial charge in [-0.2, -0.15) is 0 Å². The Morgan fingerprint density at radius 1 is 1.08 bits per heavy atom. The molecule has 25 heavy (non-hydrogen) atoms. The lowest BCUT2D eigenvalue weighted by atomic mass is 10.0. The number of hydrogen-bond donors (Lipinski definition) is 0. The van der Waals surface area contributed by atoms with E-state index in [-0.39, 0.29) is 5.91 Å². The van der Waals surface area contributed by atoms with Gasteiger partial charge in [-0.15, -0.1) is 10.2 Å². The molecule has 0 bridgehead atoms. The Morgan fingerprint density at radius 3 is 2.76 bits per heavy atom. The van der Waals surface area contributed by atoms with Gasteiger partial charge < -0.3 is 9.80 Å². The number of piperidine rings is 1. The molecule has 0 N–H and O–H groups in total. The van der Waals surface area contributed by atoms with Crippen molar-refractivity contribution in [2.24, 2.45) is 5.92 Å². The maximum absolute atomic E-state index is 12.9. The third kappa shape index (κ3) is 3.23. The second kappa shape index (κ2) is 6.82. The minimum Gasteiger partial charge on any atom is -0.355 e. The van der Waals surface area contributed by atoms with E-state index in [0.29, 0.717) is 11.6 Å². The van der Waals surface area contributed by atoms with Gasteiger partial charge in [0.25, 0.3) is 5.91 Å². The largest absolute Gasteiger partial charge is 0.355 e. The third-order valence-electron chi connectivity index (χ3n) is 5.21. The Balaban J connectivity index is 1.53. The molecular formula is C20H24N4O. The average Bonchev–Trinajstić information content (AvgIpc) is 2.67. The summed E-state index contributed by atoms with van der Waals surface area (Å²) in [5, 5.41) is 8.58. The van der Waals surface area contributed by atoms with Crippen LogP contribution in [-0.2, 0) is 6.42 Å². The maximum Gasteiger partial charge on any atom is 0.278 e. The van der Waals surface area contributed by atoms with Crippen LogP contribution in [-0.4, -0.2) is 35.7 Å². The first-order chi connectivity index (χ1) is 12.2. The molecule has 1 aromatic heterocycles. The van der Waals surface area contributed by atoms with E-state index in [9.17, 15) is 4.79 Å². The van der Waals surface area contributed by atoms with Gasteiger partial charge >= 0.3 is 0 Å². The standard InChI is InChI=1S/C20H24N4O/c1-15-6-4-12-23(14-15)19-11-10-17(21-22-19)20(25)24-13-5-8-16-7-2-3-9-18(16)24/h2-3,7,9-11,15H,4-6,8,12-14H2,1H3. The molecule has 5 heteroatoms. The summed E-state index contributed by atoms with van der Waals surface area (Å²) in [6.07, 6.45) is 4.47. The number of aromatic nitrogens is 2. The molecule has 3 heterocycles. The average molecular weight is 336 g/mol. The smallest absolute Gasteiger partial charge is 0.278 e. The van der Waals surface area contributed by atoms with Gasteiger partial charge in [0.1, 0.15) is 0 Å². The van der Waals surface area contributed by atoms with Gasteiger partial charge in [-0.05, 0) is 55.4 Å². The molecule has 2 aliphatic rings. The Bertz CT molecular complexity index is 759. The van der Waals surface area contributed by atoms with E-state index in [4.69, 9.17) is 0 Å². The summed E-state index contributed by atoms with van der Waals surface area (Å²) >= 11 is 0. The van der Waals surface area contributed by atoms with Crippen molar-refractivity contribution in [2.75, 3.05) is 29.4 Å². The number of para-hydroxylation sites is 1. The van der Waals surface area contributed by atoms with E-state index in [1.807, 2.05) is 35.2 Å². The van der Waals surface area contributed by atoms with E-state index in [0.717, 1.165) is 44.0 Å². The number of carbonyl (C=O) groups excluding carboxylic acids is 1. The third-order valence-corrected chi connectivity index (χ3v) is 5.21. The van der Waals surface area contributed by atoms with Crippen molar-refractivity contribution in [3.8, 4) is 0 Å². The van der Waals surface area contributed by atoms with Crippen LogP contribution >= 0.6 is 0 Å². The second-order valence-corrected chi connectivity index (χ2v) is 7.16. The van der Waals surface area contributed by atoms with Gasteiger partial charge in [0.2, 0.25) is 0 Å². The normalized spacial score (nSPS) is 20.3. The molecule has 1 unspecified atom stereocenters. The molecule has 2 aromatic rings. The Morgan fingerprint density at radius 2 is 1.96 bits per heavy atom. The molecule has 0 saturated carbocycles. The van der Waals surface area contributed by atoms with Crippen LogP contribution in [0.5, 0.6) is 0 Å². The minimum atomic E-state index is -0.0572. The first-order valence-corrected chi connectivity index (χ1v) is 9.21. The van der Waals surface area contributed by atoms with Crippen molar-refractivity contribution in [3.05, 3.63) is 47.7 Å². The van der Waals surface area contributed by atoms with Gasteiger partial charge in [0.05, 0.1) is 0 Å². The van der Waals surface area contributed by atoms with Crippen molar-refractivity contribution >= 4 is 17.4 Å². The molecule has 0 radical (unpaired) electrons. The number of benzene rings is 1. The number of nitrogens with zero attached hydrogens (tertiary/aromatic N) is 4. The fourth-order valence-corrected chi connectivity index (χ4v) is 3.89. The van der Waals surface area contributed by atoms with E-state index in [1.165, 1.54) is 18.4 Å². The molecule has 0 aliphatic carbocycles. The van der Waals surface area contributed by atoms with E-state index >= 15 is 0 Å². The fourth-order valence-electron chi connectivity index (χ4n) is 3.89. The van der Waals surface area contributed by atoms with Crippen molar-refractivity contribution in [2.45, 2.75) is 32.6 Å². The highest BCUT2D eigenvalue weighted by Crippen LogP contribution is 2.28. The highest BCUT2D eigenvalue weighted by molar-refractivity contribution is 6.05. The van der Waals surface area contributed by atoms with Crippen LogP contribution in [0.4, 0.5) is 11.5 Å². The SMILES string of the molecule is CC1CCCN(c2ccc(C(=O)N3CCCc4ccccc43)nn2)C1. The van der Waals surface area contributed by atoms with Crippen LogP contribution in [0.15, 0.2) is 36.4 Å². The first-order valence-electron chi connectivity index (χ1n) is 9.21. The molecule has 4 rings (SSSR count). The van der Waals surface area contributed by atoms with Crippen molar-refractivity contribution in [1.82, 2.24) is 10.2 Å². The van der Waals surface area contributed by atoms with Crippen LogP contribution in [0, 0.1) is 5.92 Å². The molecule has 0 spiro atoms. The van der Waals surface area contributed by atoms with Crippen LogP contribution < -0.4 is 9.80 Å². The molecule has 1 atom stereocenters. The topological polar surface area (TPSA) is 49.3 Å². The molecule has 1 aromatic carbocycles. The minimum absolute atomic E-state index is 0.0572. The predicted octanol–water partition coefficient (Wildman–Crippen LogP) is 3.31. The molecule has 5 nitrogen and oxygen atoms in total. The summed E-state index contributed by atoms with van der Waals surface area (Å²) in [5.41, 5.74) is 2.66. The molecule has 130 valence electrons. The number of fused-ring (bicyclic) bond motifs is 1. The lowest BCUT2D eigenvalue weighted by molar-refractivity contribution is 0.0979. The highest BCUT2D eigenvalue weighted by Gasteiger charge is 2.25. The zero-order chi connectivity index (χ0) is 17.2. The Labute approximate surface area is 148 Å². The molecule has 1 fully saturated rings.